The monoisotopic (exact) mass is 516 g/mol. The van der Waals surface area contributed by atoms with Crippen molar-refractivity contribution >= 4 is 5.65 Å². The minimum atomic E-state index is -0.304. The molecule has 0 saturated carbocycles. The number of hydrogen-bond donors (Lipinski definition) is 0. The number of aryl methyl sites for hydroxylation is 1. The zero-order valence-electron chi connectivity index (χ0n) is 21.6. The summed E-state index contributed by atoms with van der Waals surface area (Å²) < 4.78 is 21.2. The van der Waals surface area contributed by atoms with Gasteiger partial charge in [-0.2, -0.15) is 5.10 Å². The predicted octanol–water partition coefficient (Wildman–Crippen LogP) is 5.59. The van der Waals surface area contributed by atoms with E-state index in [1.54, 1.807) is 25.1 Å². The lowest BCUT2D eigenvalue weighted by Crippen LogP contribution is -2.16. The Balaban J connectivity index is 1.48. The fraction of sp³-hybridized carbons (Fsp3) is 0.133. The Kier molecular flexibility index (Phi) is 5.29. The molecule has 3 aromatic carbocycles. The Morgan fingerprint density at radius 3 is 2.36 bits per heavy atom. The van der Waals surface area contributed by atoms with Gasteiger partial charge in [-0.25, -0.2) is 19.2 Å². The van der Waals surface area contributed by atoms with Crippen molar-refractivity contribution in [3.63, 3.8) is 0 Å². The summed E-state index contributed by atoms with van der Waals surface area (Å²) in [5.74, 6) is 2.87. The SMILES string of the molecule is COc1ccc(-c2nc3c4c(ncn3n2)Oc2c(c(C)nn2-c2ccccc2)[C@@H]4c2ccccc2OC)cc1. The summed E-state index contributed by atoms with van der Waals surface area (Å²) in [5, 5.41) is 9.64. The van der Waals surface area contributed by atoms with Crippen LogP contribution in [0, 0.1) is 6.92 Å². The third-order valence-corrected chi connectivity index (χ3v) is 7.02. The zero-order chi connectivity index (χ0) is 26.5. The predicted molar refractivity (Wildman–Crippen MR) is 145 cm³/mol. The lowest BCUT2D eigenvalue weighted by Gasteiger charge is -2.27. The molecule has 1 aliphatic rings. The van der Waals surface area contributed by atoms with E-state index in [0.717, 1.165) is 45.1 Å². The van der Waals surface area contributed by atoms with E-state index >= 15 is 0 Å². The van der Waals surface area contributed by atoms with Crippen LogP contribution in [0.15, 0.2) is 85.2 Å². The highest BCUT2D eigenvalue weighted by Crippen LogP contribution is 2.51. The highest BCUT2D eigenvalue weighted by atomic mass is 16.5. The van der Waals surface area contributed by atoms with E-state index in [1.807, 2.05) is 84.4 Å². The second kappa shape index (κ2) is 8.98. The van der Waals surface area contributed by atoms with Gasteiger partial charge < -0.3 is 14.2 Å². The molecule has 192 valence electrons. The number of aromatic nitrogens is 6. The largest absolute Gasteiger partial charge is 0.497 e. The molecule has 0 fully saturated rings. The van der Waals surface area contributed by atoms with Crippen molar-refractivity contribution in [2.24, 2.45) is 0 Å². The molecule has 0 bridgehead atoms. The second-order valence-corrected chi connectivity index (χ2v) is 9.22. The van der Waals surface area contributed by atoms with Crippen molar-refractivity contribution in [3.05, 3.63) is 108 Å². The fourth-order valence-electron chi connectivity index (χ4n) is 5.20. The number of benzene rings is 3. The minimum Gasteiger partial charge on any atom is -0.497 e. The Hall–Kier alpha value is -5.18. The first-order valence-corrected chi connectivity index (χ1v) is 12.5. The van der Waals surface area contributed by atoms with Gasteiger partial charge in [-0.1, -0.05) is 36.4 Å². The van der Waals surface area contributed by atoms with Gasteiger partial charge in [-0.15, -0.1) is 5.10 Å². The van der Waals surface area contributed by atoms with Crippen molar-refractivity contribution in [2.75, 3.05) is 14.2 Å². The van der Waals surface area contributed by atoms with Crippen LogP contribution in [0.5, 0.6) is 23.3 Å². The summed E-state index contributed by atoms with van der Waals surface area (Å²) in [5.41, 5.74) is 5.95. The van der Waals surface area contributed by atoms with Crippen molar-refractivity contribution in [2.45, 2.75) is 12.8 Å². The average Bonchev–Trinajstić information content (AvgIpc) is 3.58. The fourth-order valence-corrected chi connectivity index (χ4v) is 5.20. The lowest BCUT2D eigenvalue weighted by atomic mass is 9.84. The Morgan fingerprint density at radius 2 is 1.59 bits per heavy atom. The van der Waals surface area contributed by atoms with Gasteiger partial charge >= 0.3 is 0 Å². The standard InChI is InChI=1S/C30H24N6O3/c1-18-24-25(22-11-7-8-12-23(22)38-3)26-28-32-27(19-13-15-21(37-2)16-14-19)34-35(28)17-31-29(26)39-30(24)36(33-18)20-9-5-4-6-10-20/h4-17,25H,1-3H3/t25-/m0/s1. The van der Waals surface area contributed by atoms with E-state index in [1.165, 1.54) is 0 Å². The van der Waals surface area contributed by atoms with E-state index in [2.05, 4.69) is 6.07 Å². The van der Waals surface area contributed by atoms with E-state index < -0.39 is 0 Å². The van der Waals surface area contributed by atoms with Crippen LogP contribution in [0.3, 0.4) is 0 Å². The normalized spacial score (nSPS) is 14.0. The summed E-state index contributed by atoms with van der Waals surface area (Å²) in [6.07, 6.45) is 1.63. The summed E-state index contributed by atoms with van der Waals surface area (Å²) in [6.45, 7) is 2.00. The van der Waals surface area contributed by atoms with Crippen LogP contribution in [0.1, 0.15) is 28.3 Å². The molecule has 39 heavy (non-hydrogen) atoms. The van der Waals surface area contributed by atoms with Crippen LogP contribution in [0.25, 0.3) is 22.7 Å². The molecule has 7 rings (SSSR count). The number of para-hydroxylation sites is 2. The molecule has 1 aliphatic heterocycles. The molecule has 3 aromatic heterocycles. The maximum atomic E-state index is 6.51. The molecular weight excluding hydrogens is 492 g/mol. The number of fused-ring (bicyclic) bond motifs is 4. The highest BCUT2D eigenvalue weighted by molar-refractivity contribution is 5.70. The first-order chi connectivity index (χ1) is 19.2. The summed E-state index contributed by atoms with van der Waals surface area (Å²) >= 11 is 0. The van der Waals surface area contributed by atoms with E-state index in [9.17, 15) is 0 Å². The smallest absolute Gasteiger partial charge is 0.230 e. The van der Waals surface area contributed by atoms with Crippen LogP contribution in [0.2, 0.25) is 0 Å². The zero-order valence-corrected chi connectivity index (χ0v) is 21.6. The molecule has 0 amide bonds. The summed E-state index contributed by atoms with van der Waals surface area (Å²) in [4.78, 5) is 9.67. The van der Waals surface area contributed by atoms with Crippen LogP contribution in [0.4, 0.5) is 0 Å². The first kappa shape index (κ1) is 23.0. The Labute approximate surface area is 224 Å². The van der Waals surface area contributed by atoms with E-state index in [-0.39, 0.29) is 5.92 Å². The topological polar surface area (TPSA) is 88.6 Å². The van der Waals surface area contributed by atoms with Gasteiger partial charge in [-0.05, 0) is 49.4 Å². The summed E-state index contributed by atoms with van der Waals surface area (Å²) in [6, 6.07) is 25.6. The van der Waals surface area contributed by atoms with Crippen LogP contribution >= 0.6 is 0 Å². The van der Waals surface area contributed by atoms with Gasteiger partial charge in [0.1, 0.15) is 17.8 Å². The van der Waals surface area contributed by atoms with Crippen molar-refractivity contribution in [1.29, 1.82) is 0 Å². The van der Waals surface area contributed by atoms with Gasteiger partial charge in [0.25, 0.3) is 0 Å². The third kappa shape index (κ3) is 3.62. The molecule has 0 aliphatic carbocycles. The average molecular weight is 517 g/mol. The molecule has 0 radical (unpaired) electrons. The molecule has 0 unspecified atom stereocenters. The molecular formula is C30H24N6O3. The molecule has 4 heterocycles. The number of nitrogens with zero attached hydrogens (tertiary/aromatic N) is 6. The van der Waals surface area contributed by atoms with Crippen LogP contribution < -0.4 is 14.2 Å². The van der Waals surface area contributed by atoms with Crippen molar-refractivity contribution < 1.29 is 14.2 Å². The number of rotatable bonds is 5. The third-order valence-electron chi connectivity index (χ3n) is 7.02. The van der Waals surface area contributed by atoms with Crippen molar-refractivity contribution in [3.8, 4) is 40.3 Å². The van der Waals surface area contributed by atoms with Gasteiger partial charge in [0.15, 0.2) is 11.5 Å². The number of methoxy groups -OCH3 is 2. The van der Waals surface area contributed by atoms with Gasteiger partial charge in [-0.3, -0.25) is 0 Å². The Morgan fingerprint density at radius 1 is 0.821 bits per heavy atom. The van der Waals surface area contributed by atoms with E-state index in [4.69, 9.17) is 34.4 Å². The van der Waals surface area contributed by atoms with Crippen molar-refractivity contribution in [1.82, 2.24) is 29.4 Å². The molecule has 0 N–H and O–H groups in total. The second-order valence-electron chi connectivity index (χ2n) is 9.22. The van der Waals surface area contributed by atoms with Gasteiger partial charge in [0.2, 0.25) is 11.8 Å². The van der Waals surface area contributed by atoms with Crippen LogP contribution in [-0.4, -0.2) is 43.6 Å². The molecule has 6 aromatic rings. The van der Waals surface area contributed by atoms with Gasteiger partial charge in [0.05, 0.1) is 42.6 Å². The van der Waals surface area contributed by atoms with Crippen LogP contribution in [-0.2, 0) is 0 Å². The summed E-state index contributed by atoms with van der Waals surface area (Å²) in [7, 11) is 3.32. The molecule has 9 nitrogen and oxygen atoms in total. The molecule has 0 spiro atoms. The minimum absolute atomic E-state index is 0.304. The number of hydrogen-bond acceptors (Lipinski definition) is 7. The number of ether oxygens (including phenoxy) is 3. The quantitative estimate of drug-likeness (QED) is 0.295. The van der Waals surface area contributed by atoms with Gasteiger partial charge in [0, 0.05) is 11.1 Å². The lowest BCUT2D eigenvalue weighted by molar-refractivity contribution is 0.393. The maximum absolute atomic E-state index is 6.51. The molecule has 0 saturated heterocycles. The van der Waals surface area contributed by atoms with E-state index in [0.29, 0.717) is 23.2 Å². The Bertz CT molecular complexity index is 1830. The first-order valence-electron chi connectivity index (χ1n) is 12.5. The maximum Gasteiger partial charge on any atom is 0.230 e. The molecule has 1 atom stereocenters. The highest BCUT2D eigenvalue weighted by Gasteiger charge is 2.39. The molecule has 9 heteroatoms.